The van der Waals surface area contributed by atoms with Crippen LogP contribution in [0.25, 0.3) is 22.7 Å². The van der Waals surface area contributed by atoms with Gasteiger partial charge in [-0.3, -0.25) is 4.98 Å². The Hall–Kier alpha value is -2.61. The Morgan fingerprint density at radius 2 is 1.78 bits per heavy atom. The largest absolute Gasteiger partial charge is 0.459 e. The third-order valence-corrected chi connectivity index (χ3v) is 4.54. The van der Waals surface area contributed by atoms with Crippen LogP contribution in [-0.2, 0) is 6.54 Å². The lowest BCUT2D eigenvalue weighted by Gasteiger charge is -2.08. The summed E-state index contributed by atoms with van der Waals surface area (Å²) in [5.41, 5.74) is 4.92. The Morgan fingerprint density at radius 1 is 1.04 bits per heavy atom. The zero-order valence-corrected chi connectivity index (χ0v) is 16.1. The molecule has 27 heavy (non-hydrogen) atoms. The SMILES string of the molecule is S=c1[nH]nc(-c2ccncc2)n1NCc1ccc(-c2cc(Cl)cc(Cl)c2)o1. The fraction of sp³-hybridized carbons (Fsp3) is 0.0556. The van der Waals surface area contributed by atoms with E-state index in [9.17, 15) is 0 Å². The van der Waals surface area contributed by atoms with E-state index in [4.69, 9.17) is 39.8 Å². The van der Waals surface area contributed by atoms with E-state index in [1.165, 1.54) is 0 Å². The van der Waals surface area contributed by atoms with Gasteiger partial charge in [-0.25, -0.2) is 9.77 Å². The van der Waals surface area contributed by atoms with Crippen LogP contribution in [0.15, 0.2) is 59.3 Å². The number of halogens is 2. The van der Waals surface area contributed by atoms with Gasteiger partial charge in [0.1, 0.15) is 11.5 Å². The van der Waals surface area contributed by atoms with E-state index in [1.807, 2.05) is 24.3 Å². The molecule has 0 saturated carbocycles. The predicted molar refractivity (Wildman–Crippen MR) is 108 cm³/mol. The highest BCUT2D eigenvalue weighted by Crippen LogP contribution is 2.28. The molecule has 0 spiro atoms. The Labute approximate surface area is 169 Å². The second kappa shape index (κ2) is 7.56. The summed E-state index contributed by atoms with van der Waals surface area (Å²) in [6.45, 7) is 0.417. The maximum Gasteiger partial charge on any atom is 0.214 e. The molecule has 0 radical (unpaired) electrons. The van der Waals surface area contributed by atoms with Crippen molar-refractivity contribution in [2.75, 3.05) is 5.43 Å². The third-order valence-electron chi connectivity index (χ3n) is 3.83. The van der Waals surface area contributed by atoms with Gasteiger partial charge in [-0.05, 0) is 54.7 Å². The smallest absolute Gasteiger partial charge is 0.214 e. The molecule has 4 rings (SSSR count). The molecule has 0 aliphatic heterocycles. The van der Waals surface area contributed by atoms with Crippen LogP contribution in [0.3, 0.4) is 0 Å². The fourth-order valence-electron chi connectivity index (χ4n) is 2.62. The van der Waals surface area contributed by atoms with Crippen LogP contribution in [-0.4, -0.2) is 19.9 Å². The molecule has 0 atom stereocenters. The van der Waals surface area contributed by atoms with Gasteiger partial charge in [0, 0.05) is 33.6 Å². The quantitative estimate of drug-likeness (QED) is 0.430. The van der Waals surface area contributed by atoms with Gasteiger partial charge in [0.2, 0.25) is 4.77 Å². The lowest BCUT2D eigenvalue weighted by Crippen LogP contribution is -2.15. The van der Waals surface area contributed by atoms with Gasteiger partial charge in [0.15, 0.2) is 5.82 Å². The first-order chi connectivity index (χ1) is 13.1. The molecular formula is C18H13Cl2N5OS. The molecule has 9 heteroatoms. The van der Waals surface area contributed by atoms with E-state index in [-0.39, 0.29) is 0 Å². The zero-order chi connectivity index (χ0) is 18.8. The van der Waals surface area contributed by atoms with E-state index >= 15 is 0 Å². The molecule has 0 unspecified atom stereocenters. The van der Waals surface area contributed by atoms with Gasteiger partial charge in [0.05, 0.1) is 6.54 Å². The summed E-state index contributed by atoms with van der Waals surface area (Å²) in [6.07, 6.45) is 3.40. The molecule has 4 aromatic rings. The van der Waals surface area contributed by atoms with Crippen LogP contribution in [0.4, 0.5) is 0 Å². The van der Waals surface area contributed by atoms with Gasteiger partial charge < -0.3 is 9.84 Å². The van der Waals surface area contributed by atoms with Crippen molar-refractivity contribution in [2.45, 2.75) is 6.54 Å². The Bertz CT molecular complexity index is 1120. The van der Waals surface area contributed by atoms with Gasteiger partial charge in [-0.1, -0.05) is 23.2 Å². The number of rotatable bonds is 5. The number of hydrogen-bond acceptors (Lipinski definition) is 5. The molecule has 3 aromatic heterocycles. The monoisotopic (exact) mass is 417 g/mol. The first-order valence-corrected chi connectivity index (χ1v) is 9.13. The number of benzene rings is 1. The minimum atomic E-state index is 0.417. The van der Waals surface area contributed by atoms with Crippen LogP contribution >= 0.6 is 35.4 Å². The molecule has 0 aliphatic rings. The maximum atomic E-state index is 6.06. The number of nitrogens with zero attached hydrogens (tertiary/aromatic N) is 3. The summed E-state index contributed by atoms with van der Waals surface area (Å²) >= 11 is 17.4. The highest BCUT2D eigenvalue weighted by Gasteiger charge is 2.11. The molecule has 0 fully saturated rings. The number of furan rings is 1. The molecule has 0 aliphatic carbocycles. The lowest BCUT2D eigenvalue weighted by molar-refractivity contribution is 0.523. The highest BCUT2D eigenvalue weighted by molar-refractivity contribution is 7.71. The molecule has 136 valence electrons. The minimum absolute atomic E-state index is 0.417. The van der Waals surface area contributed by atoms with Gasteiger partial charge in [-0.15, -0.1) is 0 Å². The second-order valence-corrected chi connectivity index (χ2v) is 6.94. The van der Waals surface area contributed by atoms with Crippen LogP contribution in [0.5, 0.6) is 0 Å². The van der Waals surface area contributed by atoms with Gasteiger partial charge >= 0.3 is 0 Å². The molecule has 1 aromatic carbocycles. The van der Waals surface area contributed by atoms with Gasteiger partial charge in [0.25, 0.3) is 0 Å². The normalized spacial score (nSPS) is 10.9. The summed E-state index contributed by atoms with van der Waals surface area (Å²) < 4.78 is 8.05. The number of H-pyrrole nitrogens is 1. The number of aromatic amines is 1. The zero-order valence-electron chi connectivity index (χ0n) is 13.8. The molecule has 3 heterocycles. The number of aromatic nitrogens is 4. The average Bonchev–Trinajstić information content (AvgIpc) is 3.27. The van der Waals surface area contributed by atoms with Crippen LogP contribution < -0.4 is 5.43 Å². The topological polar surface area (TPSA) is 71.7 Å². The van der Waals surface area contributed by atoms with Crippen molar-refractivity contribution in [1.29, 1.82) is 0 Å². The molecular weight excluding hydrogens is 405 g/mol. The Balaban J connectivity index is 1.55. The van der Waals surface area contributed by atoms with Crippen LogP contribution in [0.1, 0.15) is 5.76 Å². The number of nitrogens with one attached hydrogen (secondary N) is 2. The van der Waals surface area contributed by atoms with Crippen LogP contribution in [0.2, 0.25) is 10.0 Å². The fourth-order valence-corrected chi connectivity index (χ4v) is 3.34. The maximum absolute atomic E-state index is 6.06. The summed E-state index contributed by atoms with van der Waals surface area (Å²) in [6, 6.07) is 12.8. The highest BCUT2D eigenvalue weighted by atomic mass is 35.5. The van der Waals surface area contributed by atoms with Gasteiger partial charge in [-0.2, -0.15) is 5.10 Å². The van der Waals surface area contributed by atoms with E-state index in [1.54, 1.807) is 35.3 Å². The molecule has 6 nitrogen and oxygen atoms in total. The van der Waals surface area contributed by atoms with Crippen molar-refractivity contribution >= 4 is 35.4 Å². The average molecular weight is 418 g/mol. The Morgan fingerprint density at radius 3 is 2.52 bits per heavy atom. The minimum Gasteiger partial charge on any atom is -0.459 e. The first-order valence-electron chi connectivity index (χ1n) is 7.97. The predicted octanol–water partition coefficient (Wildman–Crippen LogP) is 5.31. The van der Waals surface area contributed by atoms with Crippen molar-refractivity contribution in [3.63, 3.8) is 0 Å². The Kier molecular flexibility index (Phi) is 4.98. The summed E-state index contributed by atoms with van der Waals surface area (Å²) in [5.74, 6) is 2.07. The van der Waals surface area contributed by atoms with E-state index in [2.05, 4.69) is 20.6 Å². The molecule has 2 N–H and O–H groups in total. The molecule has 0 amide bonds. The van der Waals surface area contributed by atoms with Crippen molar-refractivity contribution in [1.82, 2.24) is 19.9 Å². The number of hydrogen-bond donors (Lipinski definition) is 2. The summed E-state index contributed by atoms with van der Waals surface area (Å²) in [5, 5.41) is 8.17. The third kappa shape index (κ3) is 3.90. The van der Waals surface area contributed by atoms with Crippen molar-refractivity contribution in [2.24, 2.45) is 0 Å². The molecule has 0 bridgehead atoms. The van der Waals surface area contributed by atoms with E-state index in [0.717, 1.165) is 16.9 Å². The lowest BCUT2D eigenvalue weighted by atomic mass is 10.2. The van der Waals surface area contributed by atoms with Crippen molar-refractivity contribution in [3.8, 4) is 22.7 Å². The standard InChI is InChI=1S/C18H13Cl2N5OS/c19-13-7-12(8-14(20)9-13)16-2-1-15(26-16)10-22-25-17(23-24-18(25)27)11-3-5-21-6-4-11/h1-9,22H,10H2,(H,24,27). The van der Waals surface area contributed by atoms with E-state index in [0.29, 0.717) is 32.9 Å². The van der Waals surface area contributed by atoms with Crippen molar-refractivity contribution < 1.29 is 4.42 Å². The molecule has 0 saturated heterocycles. The number of pyridine rings is 1. The van der Waals surface area contributed by atoms with E-state index < -0.39 is 0 Å². The summed E-state index contributed by atoms with van der Waals surface area (Å²) in [7, 11) is 0. The summed E-state index contributed by atoms with van der Waals surface area (Å²) in [4.78, 5) is 4.02. The first kappa shape index (κ1) is 17.8. The van der Waals surface area contributed by atoms with Crippen molar-refractivity contribution in [3.05, 3.63) is 75.4 Å². The van der Waals surface area contributed by atoms with Crippen LogP contribution in [0, 0.1) is 4.77 Å². The second-order valence-electron chi connectivity index (χ2n) is 5.68.